The van der Waals surface area contributed by atoms with Gasteiger partial charge >= 0.3 is 0 Å². The number of carbonyl (C=O) groups is 1. The standard InChI is InChI=1S/C19H20ClN5OS/c1-13-4-2-3-5-14(13)10-11-22-17(26)12-27-19-24-23-18(25(19)21)15-6-8-16(20)9-7-15/h2-9H,10-12,21H2,1H3,(H,22,26). The summed E-state index contributed by atoms with van der Waals surface area (Å²) in [4.78, 5) is 12.1. The van der Waals surface area contributed by atoms with E-state index in [0.29, 0.717) is 22.5 Å². The molecule has 0 saturated heterocycles. The average Bonchev–Trinajstić information content (AvgIpc) is 3.03. The molecule has 0 bridgehead atoms. The smallest absolute Gasteiger partial charge is 0.230 e. The Labute approximate surface area is 167 Å². The van der Waals surface area contributed by atoms with Crippen molar-refractivity contribution < 1.29 is 4.79 Å². The molecule has 0 aliphatic rings. The molecule has 1 heterocycles. The molecule has 0 aliphatic carbocycles. The fourth-order valence-electron chi connectivity index (χ4n) is 2.58. The quantitative estimate of drug-likeness (QED) is 0.469. The van der Waals surface area contributed by atoms with Crippen LogP contribution in [0.5, 0.6) is 0 Å². The zero-order valence-corrected chi connectivity index (χ0v) is 16.4. The summed E-state index contributed by atoms with van der Waals surface area (Å²) < 4.78 is 1.38. The summed E-state index contributed by atoms with van der Waals surface area (Å²) >= 11 is 7.14. The van der Waals surface area contributed by atoms with Crippen LogP contribution >= 0.6 is 23.4 Å². The predicted molar refractivity (Wildman–Crippen MR) is 109 cm³/mol. The molecule has 0 radical (unpaired) electrons. The van der Waals surface area contributed by atoms with Crippen LogP contribution in [0, 0.1) is 6.92 Å². The van der Waals surface area contributed by atoms with Crippen LogP contribution in [0.25, 0.3) is 11.4 Å². The molecule has 0 unspecified atom stereocenters. The number of aryl methyl sites for hydroxylation is 1. The Hall–Kier alpha value is -2.51. The fraction of sp³-hybridized carbons (Fsp3) is 0.211. The molecule has 27 heavy (non-hydrogen) atoms. The van der Waals surface area contributed by atoms with Crippen LogP contribution in [-0.2, 0) is 11.2 Å². The van der Waals surface area contributed by atoms with E-state index in [1.54, 1.807) is 12.1 Å². The Morgan fingerprint density at radius 1 is 1.19 bits per heavy atom. The van der Waals surface area contributed by atoms with Crippen LogP contribution in [0.15, 0.2) is 53.7 Å². The molecule has 140 valence electrons. The van der Waals surface area contributed by atoms with Crippen molar-refractivity contribution in [3.05, 3.63) is 64.7 Å². The normalized spacial score (nSPS) is 10.7. The lowest BCUT2D eigenvalue weighted by atomic mass is 10.1. The summed E-state index contributed by atoms with van der Waals surface area (Å²) in [5.74, 6) is 6.74. The minimum Gasteiger partial charge on any atom is -0.355 e. The van der Waals surface area contributed by atoms with E-state index in [0.717, 1.165) is 12.0 Å². The molecule has 1 aromatic heterocycles. The highest BCUT2D eigenvalue weighted by molar-refractivity contribution is 7.99. The number of hydrogen-bond acceptors (Lipinski definition) is 5. The van der Waals surface area contributed by atoms with E-state index in [2.05, 4.69) is 34.6 Å². The number of halogens is 1. The average molecular weight is 402 g/mol. The number of thioether (sulfide) groups is 1. The van der Waals surface area contributed by atoms with E-state index in [9.17, 15) is 4.79 Å². The van der Waals surface area contributed by atoms with Crippen molar-refractivity contribution in [3.8, 4) is 11.4 Å². The summed E-state index contributed by atoms with van der Waals surface area (Å²) in [6, 6.07) is 15.3. The highest BCUT2D eigenvalue weighted by Gasteiger charge is 2.13. The fourth-order valence-corrected chi connectivity index (χ4v) is 3.39. The predicted octanol–water partition coefficient (Wildman–Crippen LogP) is 3.07. The van der Waals surface area contributed by atoms with E-state index in [4.69, 9.17) is 17.4 Å². The largest absolute Gasteiger partial charge is 0.355 e. The molecule has 3 aromatic rings. The van der Waals surface area contributed by atoms with Gasteiger partial charge in [-0.3, -0.25) is 4.79 Å². The number of nitrogen functional groups attached to an aromatic ring is 1. The molecule has 0 aliphatic heterocycles. The summed E-state index contributed by atoms with van der Waals surface area (Å²) in [5.41, 5.74) is 3.27. The highest BCUT2D eigenvalue weighted by atomic mass is 35.5. The molecule has 0 saturated carbocycles. The lowest BCUT2D eigenvalue weighted by Gasteiger charge is -2.07. The second-order valence-electron chi connectivity index (χ2n) is 6.00. The molecule has 0 atom stereocenters. The number of carbonyl (C=O) groups excluding carboxylic acids is 1. The minimum absolute atomic E-state index is 0.0652. The van der Waals surface area contributed by atoms with Crippen molar-refractivity contribution in [3.63, 3.8) is 0 Å². The Balaban J connectivity index is 1.50. The number of nitrogens with two attached hydrogens (primary N) is 1. The first-order chi connectivity index (χ1) is 13.0. The number of amides is 1. The second kappa shape index (κ2) is 8.92. The summed E-state index contributed by atoms with van der Waals surface area (Å²) in [5, 5.41) is 12.2. The third-order valence-electron chi connectivity index (χ3n) is 4.08. The zero-order valence-electron chi connectivity index (χ0n) is 14.9. The molecular weight excluding hydrogens is 382 g/mol. The van der Waals surface area contributed by atoms with Crippen LogP contribution in [0.3, 0.4) is 0 Å². The summed E-state index contributed by atoms with van der Waals surface area (Å²) in [7, 11) is 0. The van der Waals surface area contributed by atoms with Crippen molar-refractivity contribution in [2.75, 3.05) is 18.1 Å². The van der Waals surface area contributed by atoms with Gasteiger partial charge in [-0.2, -0.15) is 0 Å². The lowest BCUT2D eigenvalue weighted by molar-refractivity contribution is -0.118. The second-order valence-corrected chi connectivity index (χ2v) is 7.38. The SMILES string of the molecule is Cc1ccccc1CCNC(=O)CSc1nnc(-c2ccc(Cl)cc2)n1N. The number of aromatic nitrogens is 3. The first kappa shape index (κ1) is 19.3. The maximum Gasteiger partial charge on any atom is 0.230 e. The van der Waals surface area contributed by atoms with Gasteiger partial charge in [0.1, 0.15) is 0 Å². The molecule has 6 nitrogen and oxygen atoms in total. The van der Waals surface area contributed by atoms with Crippen molar-refractivity contribution in [2.24, 2.45) is 0 Å². The number of hydrogen-bond donors (Lipinski definition) is 2. The molecule has 3 N–H and O–H groups in total. The maximum atomic E-state index is 12.1. The number of nitrogens with one attached hydrogen (secondary N) is 1. The van der Waals surface area contributed by atoms with Gasteiger partial charge in [-0.15, -0.1) is 10.2 Å². The molecule has 1 amide bonds. The molecule has 0 spiro atoms. The number of rotatable bonds is 7. The lowest BCUT2D eigenvalue weighted by Crippen LogP contribution is -2.27. The van der Waals surface area contributed by atoms with Crippen LogP contribution < -0.4 is 11.2 Å². The van der Waals surface area contributed by atoms with Gasteiger partial charge in [0.2, 0.25) is 11.1 Å². The maximum absolute atomic E-state index is 12.1. The highest BCUT2D eigenvalue weighted by Crippen LogP contribution is 2.22. The van der Waals surface area contributed by atoms with Crippen LogP contribution in [0.2, 0.25) is 5.02 Å². The zero-order chi connectivity index (χ0) is 19.2. The number of benzene rings is 2. The van der Waals surface area contributed by atoms with Crippen molar-refractivity contribution in [1.82, 2.24) is 20.2 Å². The van der Waals surface area contributed by atoms with Gasteiger partial charge in [-0.1, -0.05) is 47.6 Å². The van der Waals surface area contributed by atoms with Gasteiger partial charge in [0, 0.05) is 17.1 Å². The van der Waals surface area contributed by atoms with E-state index in [1.165, 1.54) is 27.6 Å². The van der Waals surface area contributed by atoms with Gasteiger partial charge in [0.05, 0.1) is 5.75 Å². The topological polar surface area (TPSA) is 85.8 Å². The van der Waals surface area contributed by atoms with Crippen LogP contribution in [-0.4, -0.2) is 33.1 Å². The minimum atomic E-state index is -0.0652. The molecule has 3 rings (SSSR count). The molecular formula is C19H20ClN5OS. The Kier molecular flexibility index (Phi) is 6.36. The third-order valence-corrected chi connectivity index (χ3v) is 5.27. The Bertz CT molecular complexity index is 926. The molecule has 8 heteroatoms. The Morgan fingerprint density at radius 3 is 2.67 bits per heavy atom. The number of nitrogens with zero attached hydrogens (tertiary/aromatic N) is 3. The van der Waals surface area contributed by atoms with Gasteiger partial charge in [0.25, 0.3) is 0 Å². The summed E-state index contributed by atoms with van der Waals surface area (Å²) in [6.07, 6.45) is 0.802. The van der Waals surface area contributed by atoms with E-state index < -0.39 is 0 Å². The van der Waals surface area contributed by atoms with Crippen molar-refractivity contribution in [2.45, 2.75) is 18.5 Å². The van der Waals surface area contributed by atoms with Gasteiger partial charge in [0.15, 0.2) is 5.82 Å². The molecule has 0 fully saturated rings. The molecule has 2 aromatic carbocycles. The van der Waals surface area contributed by atoms with E-state index in [-0.39, 0.29) is 11.7 Å². The first-order valence-electron chi connectivity index (χ1n) is 8.45. The van der Waals surface area contributed by atoms with Gasteiger partial charge in [-0.05, 0) is 48.7 Å². The van der Waals surface area contributed by atoms with Crippen LogP contribution in [0.4, 0.5) is 0 Å². The van der Waals surface area contributed by atoms with Crippen molar-refractivity contribution >= 4 is 29.3 Å². The van der Waals surface area contributed by atoms with E-state index in [1.807, 2.05) is 24.3 Å². The third kappa shape index (κ3) is 5.02. The van der Waals surface area contributed by atoms with E-state index >= 15 is 0 Å². The first-order valence-corrected chi connectivity index (χ1v) is 9.81. The van der Waals surface area contributed by atoms with Gasteiger partial charge < -0.3 is 11.2 Å². The summed E-state index contributed by atoms with van der Waals surface area (Å²) in [6.45, 7) is 2.66. The Morgan fingerprint density at radius 2 is 1.93 bits per heavy atom. The van der Waals surface area contributed by atoms with Gasteiger partial charge in [-0.25, -0.2) is 4.68 Å². The van der Waals surface area contributed by atoms with Crippen molar-refractivity contribution in [1.29, 1.82) is 0 Å². The van der Waals surface area contributed by atoms with Crippen LogP contribution in [0.1, 0.15) is 11.1 Å². The monoisotopic (exact) mass is 401 g/mol.